The number of allylic oxidation sites excluding steroid dienone is 1. The maximum absolute atomic E-state index is 12.4. The van der Waals surface area contributed by atoms with Crippen LogP contribution in [0.25, 0.3) is 0 Å². The van der Waals surface area contributed by atoms with E-state index in [1.165, 1.54) is 103 Å². The van der Waals surface area contributed by atoms with Gasteiger partial charge < -0.3 is 20.2 Å². The van der Waals surface area contributed by atoms with Crippen LogP contribution in [0, 0.1) is 0 Å². The highest BCUT2D eigenvalue weighted by atomic mass is 31.2. The molecule has 0 rings (SSSR count). The van der Waals surface area contributed by atoms with Crippen LogP contribution in [0.4, 0.5) is 0 Å². The fourth-order valence-corrected chi connectivity index (χ4v) is 5.11. The van der Waals surface area contributed by atoms with E-state index in [1.54, 1.807) is 6.08 Å². The summed E-state index contributed by atoms with van der Waals surface area (Å²) in [5.41, 5.74) is 0. The van der Waals surface area contributed by atoms with Crippen molar-refractivity contribution in [2.75, 3.05) is 6.61 Å². The van der Waals surface area contributed by atoms with E-state index in [9.17, 15) is 14.5 Å². The van der Waals surface area contributed by atoms with Gasteiger partial charge in [-0.25, -0.2) is 4.57 Å². The largest absolute Gasteiger partial charge is 0.469 e. The first-order valence-electron chi connectivity index (χ1n) is 16.1. The number of unbranched alkanes of at least 4 members (excludes halogenated alkanes) is 20. The molecule has 0 bridgehead atoms. The Morgan fingerprint density at radius 3 is 1.56 bits per heavy atom. The zero-order chi connectivity index (χ0) is 29.0. The maximum atomic E-state index is 12.4. The van der Waals surface area contributed by atoms with E-state index in [-0.39, 0.29) is 5.91 Å². The van der Waals surface area contributed by atoms with E-state index in [4.69, 9.17) is 9.79 Å². The molecule has 4 N–H and O–H groups in total. The highest BCUT2D eigenvalue weighted by Gasteiger charge is 2.24. The summed E-state index contributed by atoms with van der Waals surface area (Å²) in [5, 5.41) is 13.2. The van der Waals surface area contributed by atoms with Gasteiger partial charge >= 0.3 is 7.82 Å². The smallest absolute Gasteiger partial charge is 0.387 e. The Morgan fingerprint density at radius 1 is 0.718 bits per heavy atom. The molecule has 232 valence electrons. The Balaban J connectivity index is 4.09. The second-order valence-corrected chi connectivity index (χ2v) is 12.4. The number of amides is 1. The molecular formula is C31H62NO6P. The first-order chi connectivity index (χ1) is 18.8. The van der Waals surface area contributed by atoms with Gasteiger partial charge in [0.2, 0.25) is 5.91 Å². The average molecular weight is 576 g/mol. The van der Waals surface area contributed by atoms with E-state index in [0.29, 0.717) is 6.42 Å². The molecular weight excluding hydrogens is 513 g/mol. The fraction of sp³-hybridized carbons (Fsp3) is 0.903. The maximum Gasteiger partial charge on any atom is 0.469 e. The molecule has 0 saturated carbocycles. The molecule has 0 saturated heterocycles. The molecule has 7 nitrogen and oxygen atoms in total. The van der Waals surface area contributed by atoms with Gasteiger partial charge in [-0.05, 0) is 19.3 Å². The number of aliphatic hydroxyl groups excluding tert-OH is 1. The summed E-state index contributed by atoms with van der Waals surface area (Å²) in [4.78, 5) is 30.5. The fourth-order valence-electron chi connectivity index (χ4n) is 4.75. The predicted octanol–water partition coefficient (Wildman–Crippen LogP) is 8.51. The van der Waals surface area contributed by atoms with Crippen LogP contribution < -0.4 is 5.32 Å². The van der Waals surface area contributed by atoms with Crippen molar-refractivity contribution in [1.29, 1.82) is 0 Å². The van der Waals surface area contributed by atoms with Gasteiger partial charge in [-0.15, -0.1) is 0 Å². The van der Waals surface area contributed by atoms with Gasteiger partial charge in [-0.1, -0.05) is 148 Å². The minimum Gasteiger partial charge on any atom is -0.387 e. The van der Waals surface area contributed by atoms with Crippen molar-refractivity contribution in [3.8, 4) is 0 Å². The number of aliphatic hydroxyl groups is 1. The summed E-state index contributed by atoms with van der Waals surface area (Å²) < 4.78 is 15.7. The number of hydrogen-bond acceptors (Lipinski definition) is 4. The van der Waals surface area contributed by atoms with E-state index < -0.39 is 26.6 Å². The van der Waals surface area contributed by atoms with Crippen LogP contribution in [-0.2, 0) is 13.9 Å². The molecule has 0 fully saturated rings. The van der Waals surface area contributed by atoms with Gasteiger partial charge in [0.25, 0.3) is 0 Å². The number of carbonyl (C=O) groups excluding carboxylic acids is 1. The van der Waals surface area contributed by atoms with E-state index in [0.717, 1.165) is 38.5 Å². The molecule has 0 aliphatic rings. The third-order valence-corrected chi connectivity index (χ3v) is 7.73. The highest BCUT2D eigenvalue weighted by Crippen LogP contribution is 2.35. The molecule has 0 spiro atoms. The normalized spacial score (nSPS) is 13.7. The molecule has 0 aromatic rings. The first kappa shape index (κ1) is 38.3. The second kappa shape index (κ2) is 27.4. The topological polar surface area (TPSA) is 116 Å². The standard InChI is InChI=1S/C31H62NO6P/c1-3-5-7-9-11-13-14-15-16-17-18-19-20-22-24-26-30(33)29(28-38-39(35,36)37)32-31(34)27-25-23-21-12-10-8-6-4-2/h24,26,29-30,33H,3-23,25,27-28H2,1-2H3,(H,32,34)(H2,35,36,37)/b26-24+/t29-,30+/m0/s1. The lowest BCUT2D eigenvalue weighted by molar-refractivity contribution is -0.123. The average Bonchev–Trinajstić information content (AvgIpc) is 2.89. The Hall–Kier alpha value is -0.720. The summed E-state index contributed by atoms with van der Waals surface area (Å²) in [6.45, 7) is 4.01. The van der Waals surface area contributed by atoms with Gasteiger partial charge in [0.1, 0.15) is 0 Å². The van der Waals surface area contributed by atoms with E-state index >= 15 is 0 Å². The Bertz CT molecular complexity index is 624. The summed E-state index contributed by atoms with van der Waals surface area (Å²) in [6, 6.07) is -0.901. The SMILES string of the molecule is CCCCCCCCCCCCCCC/C=C/[C@@H](O)[C@H](COP(=O)(O)O)NC(=O)CCCCCCCCCC. The molecule has 0 aromatic carbocycles. The number of phosphoric acid groups is 1. The number of nitrogens with one attached hydrogen (secondary N) is 1. The molecule has 1 amide bonds. The van der Waals surface area contributed by atoms with Crippen molar-refractivity contribution in [2.24, 2.45) is 0 Å². The Labute approximate surface area is 240 Å². The Kier molecular flexibility index (Phi) is 26.9. The lowest BCUT2D eigenvalue weighted by Gasteiger charge is -2.22. The van der Waals surface area contributed by atoms with Gasteiger partial charge in [-0.2, -0.15) is 0 Å². The van der Waals surface area contributed by atoms with Gasteiger partial charge in [-0.3, -0.25) is 9.32 Å². The molecule has 0 aliphatic heterocycles. The minimum absolute atomic E-state index is 0.232. The van der Waals surface area contributed by atoms with Crippen molar-refractivity contribution < 1.29 is 28.8 Å². The first-order valence-corrected chi connectivity index (χ1v) is 17.7. The van der Waals surface area contributed by atoms with Gasteiger partial charge in [0, 0.05) is 6.42 Å². The van der Waals surface area contributed by atoms with Gasteiger partial charge in [0.15, 0.2) is 0 Å². The summed E-state index contributed by atoms with van der Waals surface area (Å²) >= 11 is 0. The molecule has 39 heavy (non-hydrogen) atoms. The molecule has 0 unspecified atom stereocenters. The number of hydrogen-bond donors (Lipinski definition) is 4. The number of rotatable bonds is 29. The zero-order valence-electron chi connectivity index (χ0n) is 25.3. The minimum atomic E-state index is -4.69. The van der Waals surface area contributed by atoms with Crippen LogP contribution in [-0.4, -0.2) is 39.6 Å². The molecule has 8 heteroatoms. The van der Waals surface area contributed by atoms with Crippen molar-refractivity contribution in [2.45, 2.75) is 174 Å². The van der Waals surface area contributed by atoms with Gasteiger partial charge in [0.05, 0.1) is 18.8 Å². The van der Waals surface area contributed by atoms with Crippen molar-refractivity contribution >= 4 is 13.7 Å². The third-order valence-electron chi connectivity index (χ3n) is 7.25. The van der Waals surface area contributed by atoms with Crippen LogP contribution in [0.2, 0.25) is 0 Å². The van der Waals surface area contributed by atoms with Crippen LogP contribution in [0.3, 0.4) is 0 Å². The Morgan fingerprint density at radius 2 is 1.13 bits per heavy atom. The number of carbonyl (C=O) groups is 1. The summed E-state index contributed by atoms with van der Waals surface area (Å²) in [7, 11) is -4.69. The quantitative estimate of drug-likeness (QED) is 0.0404. The van der Waals surface area contributed by atoms with E-state index in [1.807, 2.05) is 6.08 Å². The summed E-state index contributed by atoms with van der Waals surface area (Å²) in [5.74, 6) is -0.232. The van der Waals surface area contributed by atoms with Crippen LogP contribution >= 0.6 is 7.82 Å². The molecule has 0 aliphatic carbocycles. The van der Waals surface area contributed by atoms with Crippen molar-refractivity contribution in [3.05, 3.63) is 12.2 Å². The van der Waals surface area contributed by atoms with Crippen LogP contribution in [0.1, 0.15) is 162 Å². The van der Waals surface area contributed by atoms with Crippen LogP contribution in [0.5, 0.6) is 0 Å². The van der Waals surface area contributed by atoms with Crippen molar-refractivity contribution in [1.82, 2.24) is 5.32 Å². The van der Waals surface area contributed by atoms with E-state index in [2.05, 4.69) is 23.7 Å². The molecule has 2 atom stereocenters. The molecule has 0 aromatic heterocycles. The predicted molar refractivity (Wildman–Crippen MR) is 163 cm³/mol. The zero-order valence-corrected chi connectivity index (χ0v) is 26.2. The molecule has 0 radical (unpaired) electrons. The second-order valence-electron chi connectivity index (χ2n) is 11.1. The monoisotopic (exact) mass is 575 g/mol. The summed E-state index contributed by atoms with van der Waals surface area (Å²) in [6.07, 6.45) is 29.5. The van der Waals surface area contributed by atoms with Crippen molar-refractivity contribution in [3.63, 3.8) is 0 Å². The lowest BCUT2D eigenvalue weighted by atomic mass is 10.0. The highest BCUT2D eigenvalue weighted by molar-refractivity contribution is 7.46. The van der Waals surface area contributed by atoms with Crippen LogP contribution in [0.15, 0.2) is 12.2 Å². The number of phosphoric ester groups is 1. The third kappa shape index (κ3) is 28.6. The molecule has 0 heterocycles. The lowest BCUT2D eigenvalue weighted by Crippen LogP contribution is -2.45.